The predicted octanol–water partition coefficient (Wildman–Crippen LogP) is -0.252. The molecule has 0 saturated carbocycles. The molecular formula is C15H19N3O6. The molecule has 1 rings (SSSR count). The van der Waals surface area contributed by atoms with Gasteiger partial charge < -0.3 is 20.9 Å². The van der Waals surface area contributed by atoms with Crippen LogP contribution in [0.5, 0.6) is 0 Å². The van der Waals surface area contributed by atoms with Crippen molar-refractivity contribution in [1.82, 2.24) is 10.6 Å². The fourth-order valence-corrected chi connectivity index (χ4v) is 1.65. The summed E-state index contributed by atoms with van der Waals surface area (Å²) >= 11 is 0. The van der Waals surface area contributed by atoms with Gasteiger partial charge in [0.15, 0.2) is 0 Å². The molecule has 9 heteroatoms. The minimum absolute atomic E-state index is 0.0249. The van der Waals surface area contributed by atoms with E-state index in [4.69, 9.17) is 15.6 Å². The Bertz CT molecular complexity index is 590. The molecule has 1 aromatic rings. The summed E-state index contributed by atoms with van der Waals surface area (Å²) in [6.45, 7) is -0.526. The van der Waals surface area contributed by atoms with E-state index in [9.17, 15) is 19.2 Å². The molecule has 0 saturated heterocycles. The topological polar surface area (TPSA) is 148 Å². The van der Waals surface area contributed by atoms with E-state index in [-0.39, 0.29) is 19.4 Å². The Morgan fingerprint density at radius 1 is 1.17 bits per heavy atom. The number of alkyl carbamates (subject to hydrolysis) is 1. The van der Waals surface area contributed by atoms with Crippen LogP contribution in [-0.4, -0.2) is 41.6 Å². The first-order chi connectivity index (χ1) is 11.4. The molecule has 1 atom stereocenters. The molecule has 3 amide bonds. The number of nitrogens with one attached hydrogen (secondary N) is 2. The van der Waals surface area contributed by atoms with Crippen molar-refractivity contribution in [3.8, 4) is 0 Å². The predicted molar refractivity (Wildman–Crippen MR) is 82.6 cm³/mol. The lowest BCUT2D eigenvalue weighted by Gasteiger charge is -2.11. The monoisotopic (exact) mass is 337 g/mol. The van der Waals surface area contributed by atoms with E-state index in [2.05, 4.69) is 5.32 Å². The summed E-state index contributed by atoms with van der Waals surface area (Å²) in [6.07, 6.45) is -1.11. The van der Waals surface area contributed by atoms with Crippen molar-refractivity contribution in [2.75, 3.05) is 6.54 Å². The highest BCUT2D eigenvalue weighted by molar-refractivity contribution is 5.92. The van der Waals surface area contributed by atoms with Crippen LogP contribution in [0.25, 0.3) is 0 Å². The van der Waals surface area contributed by atoms with Crippen molar-refractivity contribution >= 4 is 23.9 Å². The summed E-state index contributed by atoms with van der Waals surface area (Å²) in [5.41, 5.74) is 6.29. The van der Waals surface area contributed by atoms with E-state index < -0.39 is 36.5 Å². The number of hydrogen-bond acceptors (Lipinski definition) is 6. The standard InChI is InChI=1S/C15H19N3O6/c16-11(14(22)17-8-13(20)21)6-7-12(19)18-15(23)24-9-10-4-2-1-3-5-10/h1-5,11H,6-9,16H2,(H,17,22)(H,20,21)(H,18,19,23). The maximum absolute atomic E-state index is 11.6. The Balaban J connectivity index is 2.24. The molecule has 0 fully saturated rings. The molecule has 130 valence electrons. The number of aliphatic carboxylic acids is 1. The third-order valence-corrected chi connectivity index (χ3v) is 2.89. The van der Waals surface area contributed by atoms with E-state index in [0.717, 1.165) is 5.56 Å². The van der Waals surface area contributed by atoms with Gasteiger partial charge in [0.25, 0.3) is 0 Å². The second kappa shape index (κ2) is 9.95. The van der Waals surface area contributed by atoms with Gasteiger partial charge >= 0.3 is 12.1 Å². The van der Waals surface area contributed by atoms with Gasteiger partial charge in [-0.25, -0.2) is 4.79 Å². The highest BCUT2D eigenvalue weighted by atomic mass is 16.5. The lowest BCUT2D eigenvalue weighted by atomic mass is 10.1. The highest BCUT2D eigenvalue weighted by Crippen LogP contribution is 2.01. The van der Waals surface area contributed by atoms with E-state index in [1.807, 2.05) is 11.4 Å². The molecule has 1 aromatic carbocycles. The van der Waals surface area contributed by atoms with Crippen LogP contribution in [0, 0.1) is 0 Å². The summed E-state index contributed by atoms with van der Waals surface area (Å²) < 4.78 is 4.87. The molecule has 0 spiro atoms. The number of imide groups is 1. The molecule has 0 radical (unpaired) electrons. The van der Waals surface area contributed by atoms with Crippen molar-refractivity contribution < 1.29 is 29.0 Å². The van der Waals surface area contributed by atoms with Crippen molar-refractivity contribution in [2.45, 2.75) is 25.5 Å². The summed E-state index contributed by atoms with van der Waals surface area (Å²) in [7, 11) is 0. The highest BCUT2D eigenvalue weighted by Gasteiger charge is 2.17. The number of ether oxygens (including phenoxy) is 1. The number of amides is 3. The van der Waals surface area contributed by atoms with Crippen LogP contribution in [0.4, 0.5) is 4.79 Å². The molecule has 0 aliphatic rings. The minimum atomic E-state index is -1.20. The number of carbonyl (C=O) groups is 4. The van der Waals surface area contributed by atoms with Crippen LogP contribution in [-0.2, 0) is 25.7 Å². The van der Waals surface area contributed by atoms with Gasteiger partial charge in [0.2, 0.25) is 11.8 Å². The summed E-state index contributed by atoms with van der Waals surface area (Å²) in [5, 5.41) is 12.5. The van der Waals surface area contributed by atoms with Crippen LogP contribution in [0.2, 0.25) is 0 Å². The van der Waals surface area contributed by atoms with Gasteiger partial charge in [-0.05, 0) is 12.0 Å². The molecule has 9 nitrogen and oxygen atoms in total. The minimum Gasteiger partial charge on any atom is -0.480 e. The van der Waals surface area contributed by atoms with Gasteiger partial charge in [-0.1, -0.05) is 30.3 Å². The van der Waals surface area contributed by atoms with Crippen molar-refractivity contribution in [3.63, 3.8) is 0 Å². The zero-order valence-electron chi connectivity index (χ0n) is 12.9. The van der Waals surface area contributed by atoms with E-state index in [1.165, 1.54) is 0 Å². The first kappa shape index (κ1) is 19.1. The Labute approximate surface area is 138 Å². The Morgan fingerprint density at radius 3 is 2.46 bits per heavy atom. The molecule has 0 heterocycles. The zero-order chi connectivity index (χ0) is 17.9. The number of hydrogen-bond donors (Lipinski definition) is 4. The molecule has 0 aliphatic heterocycles. The molecule has 24 heavy (non-hydrogen) atoms. The fourth-order valence-electron chi connectivity index (χ4n) is 1.65. The van der Waals surface area contributed by atoms with Gasteiger partial charge in [0.1, 0.15) is 13.2 Å². The van der Waals surface area contributed by atoms with Gasteiger partial charge in [-0.2, -0.15) is 0 Å². The smallest absolute Gasteiger partial charge is 0.414 e. The summed E-state index contributed by atoms with van der Waals surface area (Å²) in [6, 6.07) is 7.89. The Kier molecular flexibility index (Phi) is 7.92. The van der Waals surface area contributed by atoms with Crippen LogP contribution >= 0.6 is 0 Å². The van der Waals surface area contributed by atoms with Crippen LogP contribution in [0.15, 0.2) is 30.3 Å². The number of nitrogens with two attached hydrogens (primary N) is 1. The normalized spacial score (nSPS) is 11.2. The number of rotatable bonds is 8. The Hall–Kier alpha value is -2.94. The van der Waals surface area contributed by atoms with E-state index in [1.54, 1.807) is 24.3 Å². The average Bonchev–Trinajstić information content (AvgIpc) is 2.56. The molecule has 0 aliphatic carbocycles. The largest absolute Gasteiger partial charge is 0.480 e. The zero-order valence-corrected chi connectivity index (χ0v) is 12.9. The molecule has 1 unspecified atom stereocenters. The van der Waals surface area contributed by atoms with Crippen LogP contribution in [0.3, 0.4) is 0 Å². The lowest BCUT2D eigenvalue weighted by molar-refractivity contribution is -0.138. The van der Waals surface area contributed by atoms with Crippen molar-refractivity contribution in [3.05, 3.63) is 35.9 Å². The first-order valence-corrected chi connectivity index (χ1v) is 7.14. The van der Waals surface area contributed by atoms with E-state index in [0.29, 0.717) is 0 Å². The Morgan fingerprint density at radius 2 is 1.83 bits per heavy atom. The SMILES string of the molecule is NC(CCC(=O)NC(=O)OCc1ccccc1)C(=O)NCC(=O)O. The molecule has 5 N–H and O–H groups in total. The first-order valence-electron chi connectivity index (χ1n) is 7.14. The summed E-state index contributed by atoms with van der Waals surface area (Å²) in [5.74, 6) is -2.53. The number of carboxylic acid groups (broad SMARTS) is 1. The quantitative estimate of drug-likeness (QED) is 0.511. The van der Waals surface area contributed by atoms with Gasteiger partial charge in [0.05, 0.1) is 6.04 Å². The van der Waals surface area contributed by atoms with Crippen molar-refractivity contribution in [2.24, 2.45) is 5.73 Å². The number of benzene rings is 1. The van der Waals surface area contributed by atoms with Gasteiger partial charge in [0, 0.05) is 6.42 Å². The second-order valence-corrected chi connectivity index (χ2v) is 4.87. The van der Waals surface area contributed by atoms with Crippen LogP contribution in [0.1, 0.15) is 18.4 Å². The third-order valence-electron chi connectivity index (χ3n) is 2.89. The second-order valence-electron chi connectivity index (χ2n) is 4.87. The van der Waals surface area contributed by atoms with Crippen molar-refractivity contribution in [1.29, 1.82) is 0 Å². The molecule has 0 bridgehead atoms. The summed E-state index contributed by atoms with van der Waals surface area (Å²) in [4.78, 5) is 44.7. The fraction of sp³-hybridized carbons (Fsp3) is 0.333. The maximum atomic E-state index is 11.6. The lowest BCUT2D eigenvalue weighted by Crippen LogP contribution is -2.43. The van der Waals surface area contributed by atoms with Crippen LogP contribution < -0.4 is 16.4 Å². The maximum Gasteiger partial charge on any atom is 0.414 e. The van der Waals surface area contributed by atoms with Gasteiger partial charge in [-0.15, -0.1) is 0 Å². The van der Waals surface area contributed by atoms with Gasteiger partial charge in [-0.3, -0.25) is 19.7 Å². The third kappa shape index (κ3) is 7.90. The number of carboxylic acids is 1. The van der Waals surface area contributed by atoms with E-state index >= 15 is 0 Å². The average molecular weight is 337 g/mol. The number of carbonyl (C=O) groups excluding carboxylic acids is 3. The molecule has 0 aromatic heterocycles. The molecular weight excluding hydrogens is 318 g/mol.